The Bertz CT molecular complexity index is 213. The summed E-state index contributed by atoms with van der Waals surface area (Å²) in [4.78, 5) is 7.41. The minimum absolute atomic E-state index is 0.220. The summed E-state index contributed by atoms with van der Waals surface area (Å²) >= 11 is 0. The molecule has 1 aromatic rings. The maximum absolute atomic E-state index is 5.31. The number of aromatic nitrogens is 2. The largest absolute Gasteiger partial charge is 0.383 e. The molecule has 6 heteroatoms. The van der Waals surface area contributed by atoms with Gasteiger partial charge in [0.15, 0.2) is 0 Å². The fourth-order valence-corrected chi connectivity index (χ4v) is 0.550. The van der Waals surface area contributed by atoms with Crippen LogP contribution >= 0.6 is 0 Å². The van der Waals surface area contributed by atoms with Crippen LogP contribution in [-0.4, -0.2) is 9.97 Å². The summed E-state index contributed by atoms with van der Waals surface area (Å²) in [5.41, 5.74) is 12.8. The molecule has 1 rings (SSSR count). The molecular formula is C4H8N6. The van der Waals surface area contributed by atoms with Crippen LogP contribution in [0, 0.1) is 0 Å². The van der Waals surface area contributed by atoms with Crippen molar-refractivity contribution in [2.24, 2.45) is 5.84 Å². The first-order valence-corrected chi connectivity index (χ1v) is 2.59. The Morgan fingerprint density at radius 3 is 2.10 bits per heavy atom. The zero-order chi connectivity index (χ0) is 7.56. The summed E-state index contributed by atoms with van der Waals surface area (Å²) in [6.45, 7) is 0. The molecule has 0 aliphatic rings. The molecule has 6 nitrogen and oxygen atoms in total. The minimum atomic E-state index is 0.220. The van der Waals surface area contributed by atoms with Gasteiger partial charge in [-0.2, -0.15) is 9.97 Å². The second kappa shape index (κ2) is 2.36. The van der Waals surface area contributed by atoms with Crippen LogP contribution in [0.2, 0.25) is 0 Å². The lowest BCUT2D eigenvalue weighted by Gasteiger charge is -1.99. The van der Waals surface area contributed by atoms with Gasteiger partial charge in [0.2, 0.25) is 5.95 Å². The fraction of sp³-hybridized carbons (Fsp3) is 0. The number of nitrogens with two attached hydrogens (primary N) is 3. The number of anilines is 3. The van der Waals surface area contributed by atoms with Gasteiger partial charge in [0.25, 0.3) is 0 Å². The molecule has 0 aliphatic carbocycles. The Kier molecular flexibility index (Phi) is 1.55. The molecule has 54 valence electrons. The smallest absolute Gasteiger partial charge is 0.241 e. The Labute approximate surface area is 57.4 Å². The SMILES string of the molecule is NNc1nc(N)cc(N)n1. The molecule has 0 amide bonds. The first kappa shape index (κ1) is 6.56. The van der Waals surface area contributed by atoms with Crippen LogP contribution in [0.3, 0.4) is 0 Å². The van der Waals surface area contributed by atoms with E-state index in [4.69, 9.17) is 17.3 Å². The average molecular weight is 140 g/mol. The van der Waals surface area contributed by atoms with E-state index >= 15 is 0 Å². The quantitative estimate of drug-likeness (QED) is 0.291. The highest BCUT2D eigenvalue weighted by Crippen LogP contribution is 2.05. The number of nitrogen functional groups attached to an aromatic ring is 3. The van der Waals surface area contributed by atoms with Crippen LogP contribution in [0.15, 0.2) is 6.07 Å². The molecular weight excluding hydrogens is 132 g/mol. The molecule has 1 aromatic heterocycles. The lowest BCUT2D eigenvalue weighted by molar-refractivity contribution is 1.13. The summed E-state index contributed by atoms with van der Waals surface area (Å²) in [5, 5.41) is 0. The fourth-order valence-electron chi connectivity index (χ4n) is 0.550. The van der Waals surface area contributed by atoms with E-state index in [0.29, 0.717) is 11.6 Å². The van der Waals surface area contributed by atoms with Gasteiger partial charge in [0, 0.05) is 6.07 Å². The van der Waals surface area contributed by atoms with E-state index in [2.05, 4.69) is 15.4 Å². The standard InChI is InChI=1S/C4H8N6/c5-2-1-3(6)9-4(8-2)10-7/h1H,7H2,(H5,5,6,8,9,10). The van der Waals surface area contributed by atoms with Gasteiger partial charge in [-0.25, -0.2) is 5.84 Å². The van der Waals surface area contributed by atoms with Crippen LogP contribution < -0.4 is 22.7 Å². The molecule has 0 aromatic carbocycles. The van der Waals surface area contributed by atoms with Gasteiger partial charge in [-0.15, -0.1) is 0 Å². The van der Waals surface area contributed by atoms with Gasteiger partial charge < -0.3 is 11.5 Å². The van der Waals surface area contributed by atoms with E-state index in [9.17, 15) is 0 Å². The maximum Gasteiger partial charge on any atom is 0.241 e. The number of hydrogen-bond donors (Lipinski definition) is 4. The van der Waals surface area contributed by atoms with Crippen molar-refractivity contribution in [3.8, 4) is 0 Å². The van der Waals surface area contributed by atoms with E-state index in [0.717, 1.165) is 0 Å². The van der Waals surface area contributed by atoms with Gasteiger partial charge in [-0.3, -0.25) is 5.43 Å². The van der Waals surface area contributed by atoms with Gasteiger partial charge in [-0.05, 0) is 0 Å². The highest BCUT2D eigenvalue weighted by atomic mass is 15.3. The summed E-state index contributed by atoms with van der Waals surface area (Å²) in [6.07, 6.45) is 0. The molecule has 0 atom stereocenters. The summed E-state index contributed by atoms with van der Waals surface area (Å²) in [5.74, 6) is 5.81. The van der Waals surface area contributed by atoms with Crippen molar-refractivity contribution >= 4 is 17.6 Å². The number of hydrazine groups is 1. The lowest BCUT2D eigenvalue weighted by atomic mass is 10.5. The highest BCUT2D eigenvalue weighted by molar-refractivity contribution is 5.46. The van der Waals surface area contributed by atoms with Crippen molar-refractivity contribution in [3.05, 3.63) is 6.07 Å². The molecule has 7 N–H and O–H groups in total. The summed E-state index contributed by atoms with van der Waals surface area (Å²) in [6, 6.07) is 1.45. The predicted octanol–water partition coefficient (Wildman–Crippen LogP) is -1.07. The van der Waals surface area contributed by atoms with Crippen molar-refractivity contribution < 1.29 is 0 Å². The first-order valence-electron chi connectivity index (χ1n) is 2.59. The lowest BCUT2D eigenvalue weighted by Crippen LogP contribution is -2.12. The molecule has 0 spiro atoms. The van der Waals surface area contributed by atoms with Crippen LogP contribution in [-0.2, 0) is 0 Å². The number of nitrogens with zero attached hydrogens (tertiary/aromatic N) is 2. The number of hydrogen-bond acceptors (Lipinski definition) is 6. The second-order valence-electron chi connectivity index (χ2n) is 1.69. The van der Waals surface area contributed by atoms with Gasteiger partial charge in [0.05, 0.1) is 0 Å². The Morgan fingerprint density at radius 1 is 1.20 bits per heavy atom. The predicted molar refractivity (Wildman–Crippen MR) is 38.7 cm³/mol. The van der Waals surface area contributed by atoms with Gasteiger partial charge in [-0.1, -0.05) is 0 Å². The van der Waals surface area contributed by atoms with E-state index in [-0.39, 0.29) is 5.95 Å². The second-order valence-corrected chi connectivity index (χ2v) is 1.69. The van der Waals surface area contributed by atoms with Crippen LogP contribution in [0.4, 0.5) is 17.6 Å². The van der Waals surface area contributed by atoms with E-state index in [1.54, 1.807) is 0 Å². The molecule has 0 radical (unpaired) electrons. The van der Waals surface area contributed by atoms with Crippen molar-refractivity contribution in [1.82, 2.24) is 9.97 Å². The van der Waals surface area contributed by atoms with Crippen LogP contribution in [0.1, 0.15) is 0 Å². The van der Waals surface area contributed by atoms with Gasteiger partial charge >= 0.3 is 0 Å². The van der Waals surface area contributed by atoms with E-state index < -0.39 is 0 Å². The summed E-state index contributed by atoms with van der Waals surface area (Å²) < 4.78 is 0. The molecule has 0 saturated heterocycles. The van der Waals surface area contributed by atoms with Crippen molar-refractivity contribution in [1.29, 1.82) is 0 Å². The normalized spacial score (nSPS) is 9.30. The monoisotopic (exact) mass is 140 g/mol. The first-order chi connectivity index (χ1) is 4.72. The Morgan fingerprint density at radius 2 is 1.70 bits per heavy atom. The van der Waals surface area contributed by atoms with E-state index in [1.165, 1.54) is 6.07 Å². The topological polar surface area (TPSA) is 116 Å². The third-order valence-corrected chi connectivity index (χ3v) is 0.895. The molecule has 0 bridgehead atoms. The van der Waals surface area contributed by atoms with Crippen molar-refractivity contribution in [2.75, 3.05) is 16.9 Å². The summed E-state index contributed by atoms with van der Waals surface area (Å²) in [7, 11) is 0. The Balaban J connectivity index is 3.06. The Hall–Kier alpha value is -1.56. The van der Waals surface area contributed by atoms with Crippen molar-refractivity contribution in [2.45, 2.75) is 0 Å². The maximum atomic E-state index is 5.31. The molecule has 1 heterocycles. The van der Waals surface area contributed by atoms with Gasteiger partial charge in [0.1, 0.15) is 11.6 Å². The third-order valence-electron chi connectivity index (χ3n) is 0.895. The zero-order valence-electron chi connectivity index (χ0n) is 5.20. The molecule has 10 heavy (non-hydrogen) atoms. The third kappa shape index (κ3) is 1.23. The minimum Gasteiger partial charge on any atom is -0.383 e. The number of rotatable bonds is 1. The molecule has 0 fully saturated rings. The van der Waals surface area contributed by atoms with Crippen LogP contribution in [0.5, 0.6) is 0 Å². The number of nitrogens with one attached hydrogen (secondary N) is 1. The zero-order valence-corrected chi connectivity index (χ0v) is 5.20. The van der Waals surface area contributed by atoms with E-state index in [1.807, 2.05) is 0 Å². The molecule has 0 aliphatic heterocycles. The average Bonchev–Trinajstić information content (AvgIpc) is 1.85. The van der Waals surface area contributed by atoms with Crippen LogP contribution in [0.25, 0.3) is 0 Å². The van der Waals surface area contributed by atoms with Crippen molar-refractivity contribution in [3.63, 3.8) is 0 Å². The highest BCUT2D eigenvalue weighted by Gasteiger charge is 1.95. The molecule has 0 saturated carbocycles. The molecule has 0 unspecified atom stereocenters.